The Kier molecular flexibility index (Phi) is 5.07. The highest BCUT2D eigenvalue weighted by Gasteiger charge is 2.30. The van der Waals surface area contributed by atoms with Crippen LogP contribution < -0.4 is 5.56 Å². The third-order valence-electron chi connectivity index (χ3n) is 5.50. The second-order valence-corrected chi connectivity index (χ2v) is 9.17. The molecule has 1 aromatic carbocycles. The number of carbonyl (C=O) groups excluding carboxylic acids is 1. The van der Waals surface area contributed by atoms with E-state index in [1.165, 1.54) is 20.5 Å². The third-order valence-corrected chi connectivity index (χ3v) is 7.40. The molecule has 7 nitrogen and oxygen atoms in total. The first kappa shape index (κ1) is 18.9. The summed E-state index contributed by atoms with van der Waals surface area (Å²) in [7, 11) is -3.56. The number of hydrogen-bond donors (Lipinski definition) is 0. The van der Waals surface area contributed by atoms with Crippen molar-refractivity contribution in [2.45, 2.75) is 30.7 Å². The number of benzene rings is 1. The highest BCUT2D eigenvalue weighted by Crippen LogP contribution is 2.26. The van der Waals surface area contributed by atoms with E-state index in [0.717, 1.165) is 24.8 Å². The Morgan fingerprint density at radius 2 is 1.71 bits per heavy atom. The van der Waals surface area contributed by atoms with Crippen molar-refractivity contribution in [3.8, 4) is 0 Å². The maximum Gasteiger partial charge on any atom is 0.250 e. The van der Waals surface area contributed by atoms with E-state index in [1.54, 1.807) is 35.4 Å². The molecular weight excluding hydrogens is 378 g/mol. The zero-order valence-electron chi connectivity index (χ0n) is 15.6. The first-order valence-electron chi connectivity index (χ1n) is 9.50. The number of piperazine rings is 1. The Balaban J connectivity index is 1.41. The molecule has 2 heterocycles. The smallest absolute Gasteiger partial charge is 0.250 e. The van der Waals surface area contributed by atoms with Gasteiger partial charge in [0, 0.05) is 38.4 Å². The van der Waals surface area contributed by atoms with E-state index in [9.17, 15) is 18.0 Å². The molecule has 1 fully saturated rings. The molecule has 2 aromatic rings. The van der Waals surface area contributed by atoms with Gasteiger partial charge < -0.3 is 9.47 Å². The van der Waals surface area contributed by atoms with Crippen molar-refractivity contribution in [2.75, 3.05) is 26.2 Å². The predicted molar refractivity (Wildman–Crippen MR) is 105 cm³/mol. The minimum absolute atomic E-state index is 0.0305. The van der Waals surface area contributed by atoms with Crippen LogP contribution in [0.3, 0.4) is 0 Å². The van der Waals surface area contributed by atoms with Crippen molar-refractivity contribution in [2.24, 2.45) is 0 Å². The average Bonchev–Trinajstić information content (AvgIpc) is 3.17. The van der Waals surface area contributed by atoms with Crippen LogP contribution in [-0.4, -0.2) is 54.3 Å². The van der Waals surface area contributed by atoms with Gasteiger partial charge >= 0.3 is 0 Å². The van der Waals surface area contributed by atoms with Crippen LogP contribution in [0.1, 0.15) is 17.5 Å². The van der Waals surface area contributed by atoms with Crippen LogP contribution >= 0.6 is 0 Å². The lowest BCUT2D eigenvalue weighted by molar-refractivity contribution is -0.133. The first-order chi connectivity index (χ1) is 13.4. The number of aryl methyl sites for hydroxylation is 2. The van der Waals surface area contributed by atoms with Gasteiger partial charge in [-0.15, -0.1) is 0 Å². The van der Waals surface area contributed by atoms with E-state index in [-0.39, 0.29) is 31.1 Å². The molecule has 0 bridgehead atoms. The fraction of sp³-hybridized carbons (Fsp3) is 0.400. The number of carbonyl (C=O) groups is 1. The molecule has 0 N–H and O–H groups in total. The lowest BCUT2D eigenvalue weighted by Gasteiger charge is -2.34. The number of nitrogens with zero attached hydrogens (tertiary/aromatic N) is 3. The molecule has 0 spiro atoms. The fourth-order valence-electron chi connectivity index (χ4n) is 3.87. The monoisotopic (exact) mass is 401 g/mol. The van der Waals surface area contributed by atoms with Crippen molar-refractivity contribution in [1.29, 1.82) is 0 Å². The van der Waals surface area contributed by atoms with E-state index < -0.39 is 10.0 Å². The van der Waals surface area contributed by atoms with Gasteiger partial charge in [0.25, 0.3) is 5.56 Å². The van der Waals surface area contributed by atoms with Crippen LogP contribution in [0.25, 0.3) is 0 Å². The largest absolute Gasteiger partial charge is 0.339 e. The number of rotatable bonds is 4. The van der Waals surface area contributed by atoms with Gasteiger partial charge in [0.15, 0.2) is 0 Å². The molecule has 1 aromatic heterocycles. The van der Waals surface area contributed by atoms with Crippen LogP contribution in [0, 0.1) is 0 Å². The van der Waals surface area contributed by atoms with E-state index in [0.29, 0.717) is 18.0 Å². The van der Waals surface area contributed by atoms with Crippen molar-refractivity contribution in [3.63, 3.8) is 0 Å². The number of fused-ring (bicyclic) bond motifs is 1. The second kappa shape index (κ2) is 7.52. The van der Waals surface area contributed by atoms with Gasteiger partial charge in [-0.25, -0.2) is 8.42 Å². The van der Waals surface area contributed by atoms with Crippen LogP contribution in [-0.2, 0) is 34.2 Å². The molecule has 0 atom stereocenters. The van der Waals surface area contributed by atoms with Crippen LogP contribution in [0.15, 0.2) is 52.3 Å². The first-order valence-corrected chi connectivity index (χ1v) is 10.9. The Hall–Kier alpha value is -2.45. The summed E-state index contributed by atoms with van der Waals surface area (Å²) in [5.74, 6) is -0.178. The Labute approximate surface area is 164 Å². The van der Waals surface area contributed by atoms with Gasteiger partial charge in [-0.3, -0.25) is 9.59 Å². The summed E-state index contributed by atoms with van der Waals surface area (Å²) in [6.07, 6.45) is 4.60. The molecule has 1 aliphatic heterocycles. The molecule has 0 unspecified atom stereocenters. The van der Waals surface area contributed by atoms with E-state index >= 15 is 0 Å². The molecule has 4 rings (SSSR count). The standard InChI is InChI=1S/C20H23N3O4S/c24-19-6-1-2-9-22(19)15-20(25)21-10-12-23(13-11-21)28(26,27)18-8-7-16-4-3-5-17(16)14-18/h1-2,6-9,14H,3-5,10-13,15H2. The van der Waals surface area contributed by atoms with E-state index in [1.807, 2.05) is 6.07 Å². The molecule has 1 amide bonds. The number of pyridine rings is 1. The molecular formula is C20H23N3O4S. The van der Waals surface area contributed by atoms with Crippen molar-refractivity contribution >= 4 is 15.9 Å². The van der Waals surface area contributed by atoms with E-state index in [2.05, 4.69) is 0 Å². The topological polar surface area (TPSA) is 79.7 Å². The van der Waals surface area contributed by atoms with Crippen molar-refractivity contribution in [3.05, 3.63) is 64.1 Å². The van der Waals surface area contributed by atoms with Gasteiger partial charge in [0.05, 0.1) is 4.90 Å². The van der Waals surface area contributed by atoms with Gasteiger partial charge in [0.2, 0.25) is 15.9 Å². The summed E-state index contributed by atoms with van der Waals surface area (Å²) in [5, 5.41) is 0. The number of sulfonamides is 1. The lowest BCUT2D eigenvalue weighted by atomic mass is 10.1. The summed E-state index contributed by atoms with van der Waals surface area (Å²) in [6, 6.07) is 10.2. The number of amides is 1. The number of aromatic nitrogens is 1. The molecule has 1 saturated heterocycles. The van der Waals surface area contributed by atoms with Crippen LogP contribution in [0.4, 0.5) is 0 Å². The summed E-state index contributed by atoms with van der Waals surface area (Å²) in [6.45, 7) is 1.14. The molecule has 148 valence electrons. The van der Waals surface area contributed by atoms with Gasteiger partial charge in [-0.05, 0) is 48.6 Å². The second-order valence-electron chi connectivity index (χ2n) is 7.24. The predicted octanol–water partition coefficient (Wildman–Crippen LogP) is 0.870. The maximum atomic E-state index is 13.0. The Bertz CT molecular complexity index is 1050. The fourth-order valence-corrected chi connectivity index (χ4v) is 5.35. The molecule has 28 heavy (non-hydrogen) atoms. The average molecular weight is 401 g/mol. The van der Waals surface area contributed by atoms with Crippen molar-refractivity contribution < 1.29 is 13.2 Å². The zero-order valence-corrected chi connectivity index (χ0v) is 16.4. The molecule has 1 aliphatic carbocycles. The maximum absolute atomic E-state index is 13.0. The summed E-state index contributed by atoms with van der Waals surface area (Å²) in [4.78, 5) is 26.2. The van der Waals surface area contributed by atoms with Crippen molar-refractivity contribution in [1.82, 2.24) is 13.8 Å². The van der Waals surface area contributed by atoms with E-state index in [4.69, 9.17) is 0 Å². The van der Waals surface area contributed by atoms with Crippen LogP contribution in [0.5, 0.6) is 0 Å². The highest BCUT2D eigenvalue weighted by molar-refractivity contribution is 7.89. The Morgan fingerprint density at radius 1 is 0.964 bits per heavy atom. The molecule has 0 saturated carbocycles. The van der Waals surface area contributed by atoms with Gasteiger partial charge in [0.1, 0.15) is 6.54 Å². The molecule has 0 radical (unpaired) electrons. The zero-order chi connectivity index (χ0) is 19.7. The lowest BCUT2D eigenvalue weighted by Crippen LogP contribution is -2.51. The van der Waals surface area contributed by atoms with Gasteiger partial charge in [-0.1, -0.05) is 12.1 Å². The molecule has 8 heteroatoms. The molecule has 2 aliphatic rings. The van der Waals surface area contributed by atoms with Gasteiger partial charge in [-0.2, -0.15) is 4.31 Å². The highest BCUT2D eigenvalue weighted by atomic mass is 32.2. The third kappa shape index (κ3) is 3.62. The summed E-state index contributed by atoms with van der Waals surface area (Å²) in [5.41, 5.74) is 2.14. The quantitative estimate of drug-likeness (QED) is 0.762. The van der Waals surface area contributed by atoms with Crippen LogP contribution in [0.2, 0.25) is 0 Å². The summed E-state index contributed by atoms with van der Waals surface area (Å²) < 4.78 is 28.8. The minimum Gasteiger partial charge on any atom is -0.339 e. The minimum atomic E-state index is -3.56. The SMILES string of the molecule is O=C(Cn1ccccc1=O)N1CCN(S(=O)(=O)c2ccc3c(c2)CCC3)CC1. The Morgan fingerprint density at radius 3 is 2.46 bits per heavy atom. The summed E-state index contributed by atoms with van der Waals surface area (Å²) >= 11 is 0. The number of hydrogen-bond acceptors (Lipinski definition) is 4. The normalized spacial score (nSPS) is 17.5.